The second kappa shape index (κ2) is 5.50. The van der Waals surface area contributed by atoms with Crippen molar-refractivity contribution >= 4 is 11.9 Å². The Bertz CT molecular complexity index is 272. The molecule has 0 saturated heterocycles. The van der Waals surface area contributed by atoms with E-state index in [-0.39, 0.29) is 5.91 Å². The van der Waals surface area contributed by atoms with Crippen LogP contribution in [0.25, 0.3) is 0 Å². The van der Waals surface area contributed by atoms with E-state index in [4.69, 9.17) is 5.11 Å². The van der Waals surface area contributed by atoms with Crippen LogP contribution in [0.3, 0.4) is 0 Å². The van der Waals surface area contributed by atoms with Gasteiger partial charge in [-0.3, -0.25) is 9.69 Å². The molecule has 1 fully saturated rings. The van der Waals surface area contributed by atoms with Gasteiger partial charge in [-0.05, 0) is 19.9 Å². The summed E-state index contributed by atoms with van der Waals surface area (Å²) < 4.78 is 0. The minimum Gasteiger partial charge on any atom is -0.478 e. The number of rotatable bonds is 6. The number of amides is 1. The van der Waals surface area contributed by atoms with Crippen molar-refractivity contribution in [3.8, 4) is 0 Å². The Kier molecular flexibility index (Phi) is 4.30. The number of carboxylic acid groups (broad SMARTS) is 1. The van der Waals surface area contributed by atoms with Crippen LogP contribution in [0.15, 0.2) is 12.2 Å². The molecule has 0 aromatic carbocycles. The SMILES string of the molecule is CN(CC=CC(=O)O)CC(=O)NC1CC1. The highest BCUT2D eigenvalue weighted by molar-refractivity contribution is 5.80. The van der Waals surface area contributed by atoms with Crippen molar-refractivity contribution in [3.63, 3.8) is 0 Å². The Balaban J connectivity index is 2.13. The van der Waals surface area contributed by atoms with E-state index >= 15 is 0 Å². The molecule has 0 aliphatic heterocycles. The van der Waals surface area contributed by atoms with Gasteiger partial charge in [-0.1, -0.05) is 6.08 Å². The molecule has 1 saturated carbocycles. The number of aliphatic carboxylic acids is 1. The average Bonchev–Trinajstić information content (AvgIpc) is 2.86. The fourth-order valence-corrected chi connectivity index (χ4v) is 1.14. The second-order valence-corrected chi connectivity index (χ2v) is 3.78. The van der Waals surface area contributed by atoms with Crippen LogP contribution >= 0.6 is 0 Å². The van der Waals surface area contributed by atoms with Gasteiger partial charge in [0, 0.05) is 18.7 Å². The summed E-state index contributed by atoms with van der Waals surface area (Å²) in [6.07, 6.45) is 4.75. The summed E-state index contributed by atoms with van der Waals surface area (Å²) in [5.74, 6) is -0.963. The van der Waals surface area contributed by atoms with Gasteiger partial charge in [-0.2, -0.15) is 0 Å². The Morgan fingerprint density at radius 3 is 2.73 bits per heavy atom. The molecule has 0 aromatic heterocycles. The molecular formula is C10H16N2O3. The molecule has 0 unspecified atom stereocenters. The molecule has 0 aromatic rings. The average molecular weight is 212 g/mol. The van der Waals surface area contributed by atoms with E-state index in [9.17, 15) is 9.59 Å². The molecule has 84 valence electrons. The van der Waals surface area contributed by atoms with Crippen LogP contribution in [0.5, 0.6) is 0 Å². The van der Waals surface area contributed by atoms with Crippen molar-refractivity contribution < 1.29 is 14.7 Å². The standard InChI is InChI=1S/C10H16N2O3/c1-12(6-2-3-10(14)15)7-9(13)11-8-4-5-8/h2-3,8H,4-7H2,1H3,(H,11,13)(H,14,15). The summed E-state index contributed by atoms with van der Waals surface area (Å²) in [6, 6.07) is 0.375. The summed E-state index contributed by atoms with van der Waals surface area (Å²) in [6.45, 7) is 0.769. The molecule has 15 heavy (non-hydrogen) atoms. The Labute approximate surface area is 88.8 Å². The lowest BCUT2D eigenvalue weighted by Gasteiger charge is -2.13. The van der Waals surface area contributed by atoms with Gasteiger partial charge < -0.3 is 10.4 Å². The molecule has 1 aliphatic carbocycles. The molecule has 1 rings (SSSR count). The minimum atomic E-state index is -0.967. The van der Waals surface area contributed by atoms with E-state index in [0.717, 1.165) is 18.9 Å². The number of carboxylic acids is 1. The van der Waals surface area contributed by atoms with Crippen LogP contribution in [0.2, 0.25) is 0 Å². The summed E-state index contributed by atoms with van der Waals surface area (Å²) >= 11 is 0. The van der Waals surface area contributed by atoms with Crippen molar-refractivity contribution in [1.82, 2.24) is 10.2 Å². The van der Waals surface area contributed by atoms with Crippen LogP contribution in [-0.2, 0) is 9.59 Å². The van der Waals surface area contributed by atoms with E-state index in [1.165, 1.54) is 6.08 Å². The van der Waals surface area contributed by atoms with Gasteiger partial charge in [-0.25, -0.2) is 4.79 Å². The third-order valence-electron chi connectivity index (χ3n) is 2.03. The fourth-order valence-electron chi connectivity index (χ4n) is 1.14. The Hall–Kier alpha value is -1.36. The van der Waals surface area contributed by atoms with Gasteiger partial charge in [0.2, 0.25) is 5.91 Å². The van der Waals surface area contributed by atoms with Crippen molar-refractivity contribution in [1.29, 1.82) is 0 Å². The monoisotopic (exact) mass is 212 g/mol. The van der Waals surface area contributed by atoms with Gasteiger partial charge in [0.1, 0.15) is 0 Å². The topological polar surface area (TPSA) is 69.6 Å². The quantitative estimate of drug-likeness (QED) is 0.600. The first kappa shape index (κ1) is 11.7. The van der Waals surface area contributed by atoms with E-state index in [1.807, 2.05) is 0 Å². The molecule has 2 N–H and O–H groups in total. The maximum absolute atomic E-state index is 11.3. The Morgan fingerprint density at radius 1 is 1.53 bits per heavy atom. The zero-order valence-electron chi connectivity index (χ0n) is 8.77. The van der Waals surface area contributed by atoms with Crippen molar-refractivity contribution in [2.75, 3.05) is 20.1 Å². The van der Waals surface area contributed by atoms with Crippen LogP contribution in [0.4, 0.5) is 0 Å². The first-order valence-corrected chi connectivity index (χ1v) is 4.95. The van der Waals surface area contributed by atoms with Gasteiger partial charge in [0.15, 0.2) is 0 Å². The summed E-state index contributed by atoms with van der Waals surface area (Å²) in [5.41, 5.74) is 0. The molecule has 5 heteroatoms. The number of hydrogen-bond donors (Lipinski definition) is 2. The first-order chi connectivity index (χ1) is 7.08. The maximum atomic E-state index is 11.3. The number of carbonyl (C=O) groups is 2. The van der Waals surface area contributed by atoms with E-state index in [2.05, 4.69) is 5.32 Å². The summed E-state index contributed by atoms with van der Waals surface area (Å²) in [4.78, 5) is 23.2. The molecule has 0 radical (unpaired) electrons. The van der Waals surface area contributed by atoms with E-state index in [0.29, 0.717) is 19.1 Å². The lowest BCUT2D eigenvalue weighted by Crippen LogP contribution is -2.36. The largest absolute Gasteiger partial charge is 0.478 e. The molecule has 0 heterocycles. The van der Waals surface area contributed by atoms with E-state index < -0.39 is 5.97 Å². The third kappa shape index (κ3) is 5.85. The predicted molar refractivity (Wildman–Crippen MR) is 55.4 cm³/mol. The second-order valence-electron chi connectivity index (χ2n) is 3.78. The summed E-state index contributed by atoms with van der Waals surface area (Å²) in [7, 11) is 1.78. The smallest absolute Gasteiger partial charge is 0.328 e. The van der Waals surface area contributed by atoms with Crippen LogP contribution in [0, 0.1) is 0 Å². The minimum absolute atomic E-state index is 0.00345. The van der Waals surface area contributed by atoms with Gasteiger partial charge in [0.05, 0.1) is 6.54 Å². The highest BCUT2D eigenvalue weighted by Gasteiger charge is 2.23. The number of carbonyl (C=O) groups excluding carboxylic acids is 1. The van der Waals surface area contributed by atoms with E-state index in [1.54, 1.807) is 11.9 Å². The van der Waals surface area contributed by atoms with Gasteiger partial charge in [-0.15, -0.1) is 0 Å². The third-order valence-corrected chi connectivity index (χ3v) is 2.03. The predicted octanol–water partition coefficient (Wildman–Crippen LogP) is -0.162. The molecular weight excluding hydrogens is 196 g/mol. The zero-order chi connectivity index (χ0) is 11.3. The van der Waals surface area contributed by atoms with Gasteiger partial charge in [0.25, 0.3) is 0 Å². The fraction of sp³-hybridized carbons (Fsp3) is 0.600. The molecule has 1 amide bonds. The number of nitrogens with one attached hydrogen (secondary N) is 1. The lowest BCUT2D eigenvalue weighted by atomic mass is 10.4. The number of nitrogens with zero attached hydrogens (tertiary/aromatic N) is 1. The molecule has 1 aliphatic rings. The zero-order valence-corrected chi connectivity index (χ0v) is 8.77. The molecule has 0 atom stereocenters. The lowest BCUT2D eigenvalue weighted by molar-refractivity contribution is -0.131. The van der Waals surface area contributed by atoms with Crippen LogP contribution < -0.4 is 5.32 Å². The van der Waals surface area contributed by atoms with Crippen molar-refractivity contribution in [3.05, 3.63) is 12.2 Å². The van der Waals surface area contributed by atoms with Crippen LogP contribution in [-0.4, -0.2) is 48.1 Å². The van der Waals surface area contributed by atoms with Crippen molar-refractivity contribution in [2.24, 2.45) is 0 Å². The first-order valence-electron chi connectivity index (χ1n) is 4.95. The molecule has 0 bridgehead atoms. The van der Waals surface area contributed by atoms with Crippen LogP contribution in [0.1, 0.15) is 12.8 Å². The molecule has 5 nitrogen and oxygen atoms in total. The maximum Gasteiger partial charge on any atom is 0.328 e. The van der Waals surface area contributed by atoms with Gasteiger partial charge >= 0.3 is 5.97 Å². The molecule has 0 spiro atoms. The normalized spacial score (nSPS) is 15.9. The Morgan fingerprint density at radius 2 is 2.20 bits per heavy atom. The number of hydrogen-bond acceptors (Lipinski definition) is 3. The highest BCUT2D eigenvalue weighted by atomic mass is 16.4. The number of likely N-dealkylation sites (N-methyl/N-ethyl adjacent to an activating group) is 1. The highest BCUT2D eigenvalue weighted by Crippen LogP contribution is 2.18. The van der Waals surface area contributed by atoms with Crippen molar-refractivity contribution in [2.45, 2.75) is 18.9 Å². The summed E-state index contributed by atoms with van der Waals surface area (Å²) in [5, 5.41) is 11.2.